The number of Topliss-reactive ketones (excluding diaryl/α,β-unsaturated/α-hetero) is 2. The van der Waals surface area contributed by atoms with Crippen LogP contribution in [0.5, 0.6) is 0 Å². The monoisotopic (exact) mass is 154 g/mol. The van der Waals surface area contributed by atoms with Gasteiger partial charge in [0.05, 0.1) is 0 Å². The lowest BCUT2D eigenvalue weighted by molar-refractivity contribution is -0.123. The average Bonchev–Trinajstić information content (AvgIpc) is 2.07. The molecule has 1 aliphatic rings. The summed E-state index contributed by atoms with van der Waals surface area (Å²) in [7, 11) is 0. The van der Waals surface area contributed by atoms with Crippen LogP contribution in [0.15, 0.2) is 11.3 Å². The molecule has 0 spiro atoms. The normalized spacial score (nSPS) is 23.9. The van der Waals surface area contributed by atoms with Crippen molar-refractivity contribution in [3.63, 3.8) is 0 Å². The summed E-state index contributed by atoms with van der Waals surface area (Å²) in [6.45, 7) is 4.65. The topological polar surface area (TPSA) is 43.4 Å². The summed E-state index contributed by atoms with van der Waals surface area (Å²) < 4.78 is 5.06. The zero-order chi connectivity index (χ0) is 8.59. The van der Waals surface area contributed by atoms with Crippen molar-refractivity contribution < 1.29 is 14.3 Å². The van der Waals surface area contributed by atoms with E-state index in [9.17, 15) is 9.59 Å². The molecule has 0 aliphatic carbocycles. The second-order valence-corrected chi connectivity index (χ2v) is 2.61. The van der Waals surface area contributed by atoms with Crippen molar-refractivity contribution in [2.24, 2.45) is 0 Å². The van der Waals surface area contributed by atoms with Crippen LogP contribution in [-0.2, 0) is 14.3 Å². The zero-order valence-corrected chi connectivity index (χ0v) is 6.80. The Hall–Kier alpha value is -1.12. The number of hydrogen-bond donors (Lipinski definition) is 0. The molecule has 0 unspecified atom stereocenters. The molecule has 0 saturated heterocycles. The van der Waals surface area contributed by atoms with Crippen LogP contribution in [0.4, 0.5) is 0 Å². The van der Waals surface area contributed by atoms with E-state index in [0.29, 0.717) is 5.76 Å². The van der Waals surface area contributed by atoms with Gasteiger partial charge in [0.25, 0.3) is 0 Å². The van der Waals surface area contributed by atoms with Gasteiger partial charge in [0.15, 0.2) is 11.9 Å². The van der Waals surface area contributed by atoms with Gasteiger partial charge in [-0.3, -0.25) is 9.59 Å². The van der Waals surface area contributed by atoms with E-state index in [0.717, 1.165) is 0 Å². The molecule has 0 amide bonds. The molecule has 1 heterocycles. The van der Waals surface area contributed by atoms with Crippen LogP contribution in [0.25, 0.3) is 0 Å². The van der Waals surface area contributed by atoms with Gasteiger partial charge in [-0.05, 0) is 20.8 Å². The first kappa shape index (κ1) is 7.98. The summed E-state index contributed by atoms with van der Waals surface area (Å²) in [6.07, 6.45) is -0.478. The molecular weight excluding hydrogens is 144 g/mol. The van der Waals surface area contributed by atoms with Crippen LogP contribution in [0.1, 0.15) is 20.8 Å². The summed E-state index contributed by atoms with van der Waals surface area (Å²) in [5, 5.41) is 0. The molecule has 0 aromatic carbocycles. The molecule has 11 heavy (non-hydrogen) atoms. The molecular formula is C8H10O3. The Bertz CT molecular complexity index is 250. The van der Waals surface area contributed by atoms with E-state index < -0.39 is 6.10 Å². The minimum atomic E-state index is -0.478. The third kappa shape index (κ3) is 1.18. The molecule has 3 nitrogen and oxygen atoms in total. The van der Waals surface area contributed by atoms with E-state index in [-0.39, 0.29) is 17.1 Å². The minimum Gasteiger partial charge on any atom is -0.486 e. The summed E-state index contributed by atoms with van der Waals surface area (Å²) in [6, 6.07) is 0. The van der Waals surface area contributed by atoms with Gasteiger partial charge in [0, 0.05) is 0 Å². The van der Waals surface area contributed by atoms with Crippen molar-refractivity contribution in [1.29, 1.82) is 0 Å². The second kappa shape index (κ2) is 2.49. The molecule has 3 heteroatoms. The number of carbonyl (C=O) groups is 2. The highest BCUT2D eigenvalue weighted by atomic mass is 16.5. The maximum atomic E-state index is 11.2. The standard InChI is InChI=1S/C8H10O3/c1-4(9)7-5(2)11-6(3)8(7)10/h6H,1-3H3/t6-/m1/s1. The van der Waals surface area contributed by atoms with E-state index in [1.807, 2.05) is 0 Å². The fraction of sp³-hybridized carbons (Fsp3) is 0.500. The first-order chi connectivity index (χ1) is 5.04. The van der Waals surface area contributed by atoms with Gasteiger partial charge in [-0.1, -0.05) is 0 Å². The fourth-order valence-corrected chi connectivity index (χ4v) is 1.18. The van der Waals surface area contributed by atoms with Gasteiger partial charge in [0.1, 0.15) is 11.3 Å². The van der Waals surface area contributed by atoms with Gasteiger partial charge in [-0.25, -0.2) is 0 Å². The lowest BCUT2D eigenvalue weighted by Crippen LogP contribution is -2.16. The predicted molar refractivity (Wildman–Crippen MR) is 38.9 cm³/mol. The zero-order valence-electron chi connectivity index (χ0n) is 6.80. The number of ether oxygens (including phenoxy) is 1. The van der Waals surface area contributed by atoms with E-state index in [1.165, 1.54) is 6.92 Å². The number of carbonyl (C=O) groups excluding carboxylic acids is 2. The third-order valence-corrected chi connectivity index (χ3v) is 1.67. The summed E-state index contributed by atoms with van der Waals surface area (Å²) in [5.41, 5.74) is 0.220. The molecule has 0 N–H and O–H groups in total. The number of ketones is 2. The van der Waals surface area contributed by atoms with Gasteiger partial charge >= 0.3 is 0 Å². The van der Waals surface area contributed by atoms with Crippen molar-refractivity contribution in [2.45, 2.75) is 26.9 Å². The Labute approximate surface area is 65.0 Å². The van der Waals surface area contributed by atoms with Crippen molar-refractivity contribution in [3.8, 4) is 0 Å². The molecule has 60 valence electrons. The molecule has 0 aromatic rings. The van der Waals surface area contributed by atoms with Gasteiger partial charge in [-0.2, -0.15) is 0 Å². The quantitative estimate of drug-likeness (QED) is 0.525. The average molecular weight is 154 g/mol. The van der Waals surface area contributed by atoms with Gasteiger partial charge < -0.3 is 4.74 Å². The Morgan fingerprint density at radius 3 is 2.27 bits per heavy atom. The predicted octanol–water partition coefficient (Wildman–Crippen LogP) is 0.837. The highest BCUT2D eigenvalue weighted by molar-refractivity contribution is 6.22. The summed E-state index contributed by atoms with van der Waals surface area (Å²) >= 11 is 0. The lowest BCUT2D eigenvalue weighted by Gasteiger charge is -2.00. The van der Waals surface area contributed by atoms with E-state index in [1.54, 1.807) is 13.8 Å². The largest absolute Gasteiger partial charge is 0.486 e. The molecule has 1 rings (SSSR count). The second-order valence-electron chi connectivity index (χ2n) is 2.61. The van der Waals surface area contributed by atoms with E-state index in [4.69, 9.17) is 4.74 Å². The van der Waals surface area contributed by atoms with E-state index >= 15 is 0 Å². The maximum absolute atomic E-state index is 11.2. The van der Waals surface area contributed by atoms with Crippen molar-refractivity contribution in [3.05, 3.63) is 11.3 Å². The van der Waals surface area contributed by atoms with Crippen LogP contribution in [0, 0.1) is 0 Å². The minimum absolute atomic E-state index is 0.199. The number of rotatable bonds is 1. The lowest BCUT2D eigenvalue weighted by atomic mass is 10.1. The molecule has 1 atom stereocenters. The van der Waals surface area contributed by atoms with Crippen LogP contribution < -0.4 is 0 Å². The van der Waals surface area contributed by atoms with Crippen LogP contribution >= 0.6 is 0 Å². The Morgan fingerprint density at radius 1 is 1.55 bits per heavy atom. The molecule has 1 aliphatic heterocycles. The molecule has 0 saturated carbocycles. The first-order valence-electron chi connectivity index (χ1n) is 3.46. The van der Waals surface area contributed by atoms with Crippen LogP contribution in [0.2, 0.25) is 0 Å². The highest BCUT2D eigenvalue weighted by Gasteiger charge is 2.31. The Morgan fingerprint density at radius 2 is 2.09 bits per heavy atom. The van der Waals surface area contributed by atoms with Crippen LogP contribution in [0.3, 0.4) is 0 Å². The SMILES string of the molecule is CC(=O)C1=C(C)O[C@H](C)C1=O. The number of hydrogen-bond acceptors (Lipinski definition) is 3. The molecule has 0 radical (unpaired) electrons. The Balaban J connectivity index is 3.01. The fourth-order valence-electron chi connectivity index (χ4n) is 1.18. The molecule has 0 aromatic heterocycles. The highest BCUT2D eigenvalue weighted by Crippen LogP contribution is 2.21. The van der Waals surface area contributed by atoms with Gasteiger partial charge in [0.2, 0.25) is 5.78 Å². The van der Waals surface area contributed by atoms with Crippen molar-refractivity contribution >= 4 is 11.6 Å². The molecule has 0 bridgehead atoms. The number of allylic oxidation sites excluding steroid dienone is 1. The van der Waals surface area contributed by atoms with E-state index in [2.05, 4.69) is 0 Å². The Kier molecular flexibility index (Phi) is 1.81. The smallest absolute Gasteiger partial charge is 0.209 e. The maximum Gasteiger partial charge on any atom is 0.209 e. The summed E-state index contributed by atoms with van der Waals surface area (Å²) in [4.78, 5) is 22.0. The van der Waals surface area contributed by atoms with Crippen molar-refractivity contribution in [2.75, 3.05) is 0 Å². The van der Waals surface area contributed by atoms with Crippen molar-refractivity contribution in [1.82, 2.24) is 0 Å². The van der Waals surface area contributed by atoms with Gasteiger partial charge in [-0.15, -0.1) is 0 Å². The first-order valence-corrected chi connectivity index (χ1v) is 3.46. The molecule has 0 fully saturated rings. The van der Waals surface area contributed by atoms with Crippen LogP contribution in [-0.4, -0.2) is 17.7 Å². The summed E-state index contributed by atoms with van der Waals surface area (Å²) in [5.74, 6) is 0.0434. The third-order valence-electron chi connectivity index (χ3n) is 1.67.